The first-order chi connectivity index (χ1) is 11.2. The highest BCUT2D eigenvalue weighted by Gasteiger charge is 2.28. The number of hydrogen-bond acceptors (Lipinski definition) is 2. The van der Waals surface area contributed by atoms with Crippen LogP contribution >= 0.6 is 0 Å². The van der Waals surface area contributed by atoms with Gasteiger partial charge in [0.25, 0.3) is 0 Å². The molecule has 0 saturated carbocycles. The minimum Gasteiger partial charge on any atom is -0.353 e. The first-order valence-electron chi connectivity index (χ1n) is 10.3. The second-order valence-corrected chi connectivity index (χ2v) is 7.06. The van der Waals surface area contributed by atoms with Gasteiger partial charge in [-0.25, -0.2) is 0 Å². The van der Waals surface area contributed by atoms with Crippen molar-refractivity contribution in [2.75, 3.05) is 14.2 Å². The van der Waals surface area contributed by atoms with Crippen molar-refractivity contribution in [1.82, 2.24) is 0 Å². The van der Waals surface area contributed by atoms with E-state index in [9.17, 15) is 0 Å². The Morgan fingerprint density at radius 1 is 0.478 bits per heavy atom. The Balaban J connectivity index is 3.74. The molecule has 0 unspecified atom stereocenters. The molecule has 2 nitrogen and oxygen atoms in total. The second kappa shape index (κ2) is 16.8. The molecule has 0 aliphatic heterocycles. The molecular weight excluding hydrogens is 284 g/mol. The normalized spacial score (nSPS) is 12.0. The summed E-state index contributed by atoms with van der Waals surface area (Å²) in [6, 6.07) is 0. The van der Waals surface area contributed by atoms with E-state index in [1.807, 2.05) is 14.2 Å². The summed E-state index contributed by atoms with van der Waals surface area (Å²) < 4.78 is 11.5. The SMILES string of the molecule is CCCCCCCCCC(CCCCCCCCC)(OC)OC. The van der Waals surface area contributed by atoms with Crippen LogP contribution in [0.25, 0.3) is 0 Å². The van der Waals surface area contributed by atoms with Gasteiger partial charge in [-0.1, -0.05) is 90.9 Å². The quantitative estimate of drug-likeness (QED) is 0.195. The van der Waals surface area contributed by atoms with Gasteiger partial charge in [0.1, 0.15) is 0 Å². The van der Waals surface area contributed by atoms with E-state index in [1.165, 1.54) is 89.9 Å². The Bertz CT molecular complexity index is 204. The molecule has 0 aromatic rings. The zero-order valence-corrected chi connectivity index (χ0v) is 16.6. The van der Waals surface area contributed by atoms with Gasteiger partial charge < -0.3 is 9.47 Å². The lowest BCUT2D eigenvalue weighted by atomic mass is 9.98. The van der Waals surface area contributed by atoms with E-state index in [4.69, 9.17) is 9.47 Å². The van der Waals surface area contributed by atoms with Crippen LogP contribution in [-0.4, -0.2) is 20.0 Å². The van der Waals surface area contributed by atoms with Gasteiger partial charge in [0.15, 0.2) is 5.79 Å². The summed E-state index contributed by atoms with van der Waals surface area (Å²) in [4.78, 5) is 0. The molecule has 0 aliphatic rings. The first-order valence-corrected chi connectivity index (χ1v) is 10.3. The van der Waals surface area contributed by atoms with Crippen molar-refractivity contribution < 1.29 is 9.47 Å². The molecular formula is C21H44O2. The third-order valence-electron chi connectivity index (χ3n) is 5.07. The van der Waals surface area contributed by atoms with Crippen molar-refractivity contribution in [2.24, 2.45) is 0 Å². The highest BCUT2D eigenvalue weighted by Crippen LogP contribution is 2.27. The minimum atomic E-state index is -0.327. The van der Waals surface area contributed by atoms with Crippen molar-refractivity contribution in [3.05, 3.63) is 0 Å². The molecule has 0 fully saturated rings. The van der Waals surface area contributed by atoms with Crippen LogP contribution in [0.1, 0.15) is 117 Å². The van der Waals surface area contributed by atoms with Gasteiger partial charge >= 0.3 is 0 Å². The molecule has 0 aromatic carbocycles. The summed E-state index contributed by atoms with van der Waals surface area (Å²) in [6.07, 6.45) is 20.9. The van der Waals surface area contributed by atoms with Gasteiger partial charge in [0.05, 0.1) is 0 Å². The van der Waals surface area contributed by atoms with E-state index in [0.29, 0.717) is 0 Å². The molecule has 0 radical (unpaired) electrons. The van der Waals surface area contributed by atoms with Crippen LogP contribution in [0.3, 0.4) is 0 Å². The van der Waals surface area contributed by atoms with Crippen LogP contribution < -0.4 is 0 Å². The predicted molar refractivity (Wildman–Crippen MR) is 102 cm³/mol. The molecule has 140 valence electrons. The maximum Gasteiger partial charge on any atom is 0.167 e. The van der Waals surface area contributed by atoms with Crippen LogP contribution in [0.15, 0.2) is 0 Å². The van der Waals surface area contributed by atoms with E-state index >= 15 is 0 Å². The largest absolute Gasteiger partial charge is 0.353 e. The van der Waals surface area contributed by atoms with Crippen molar-refractivity contribution >= 4 is 0 Å². The van der Waals surface area contributed by atoms with Gasteiger partial charge in [0.2, 0.25) is 0 Å². The molecule has 0 aromatic heterocycles. The van der Waals surface area contributed by atoms with Gasteiger partial charge in [-0.05, 0) is 12.8 Å². The highest BCUT2D eigenvalue weighted by atomic mass is 16.7. The van der Waals surface area contributed by atoms with Gasteiger partial charge in [-0.3, -0.25) is 0 Å². The molecule has 0 rings (SSSR count). The Kier molecular flexibility index (Phi) is 16.7. The Morgan fingerprint density at radius 3 is 1.09 bits per heavy atom. The molecule has 0 heterocycles. The molecule has 0 saturated heterocycles. The lowest BCUT2D eigenvalue weighted by Gasteiger charge is -2.31. The topological polar surface area (TPSA) is 18.5 Å². The highest BCUT2D eigenvalue weighted by molar-refractivity contribution is 4.70. The maximum absolute atomic E-state index is 5.76. The van der Waals surface area contributed by atoms with Crippen molar-refractivity contribution in [3.8, 4) is 0 Å². The number of ether oxygens (including phenoxy) is 2. The Hall–Kier alpha value is -0.0800. The third kappa shape index (κ3) is 12.9. The predicted octanol–water partition coefficient (Wildman–Crippen LogP) is 7.26. The van der Waals surface area contributed by atoms with Gasteiger partial charge in [0, 0.05) is 27.1 Å². The Morgan fingerprint density at radius 2 is 0.783 bits per heavy atom. The average Bonchev–Trinajstić information content (AvgIpc) is 2.58. The van der Waals surface area contributed by atoms with Crippen molar-refractivity contribution in [3.63, 3.8) is 0 Å². The summed E-state index contributed by atoms with van der Waals surface area (Å²) in [5, 5.41) is 0. The van der Waals surface area contributed by atoms with Crippen LogP contribution in [0.4, 0.5) is 0 Å². The van der Waals surface area contributed by atoms with Crippen LogP contribution in [0.2, 0.25) is 0 Å². The number of methoxy groups -OCH3 is 2. The number of hydrogen-bond donors (Lipinski definition) is 0. The molecule has 0 bridgehead atoms. The summed E-state index contributed by atoms with van der Waals surface area (Å²) in [5.74, 6) is -0.327. The molecule has 2 heteroatoms. The molecule has 0 spiro atoms. The fourth-order valence-electron chi connectivity index (χ4n) is 3.32. The molecule has 23 heavy (non-hydrogen) atoms. The number of rotatable bonds is 18. The lowest BCUT2D eigenvalue weighted by molar-refractivity contribution is -0.216. The fraction of sp³-hybridized carbons (Fsp3) is 1.00. The Labute approximate surface area is 146 Å². The van der Waals surface area contributed by atoms with E-state index in [0.717, 1.165) is 12.8 Å². The molecule has 0 aliphatic carbocycles. The van der Waals surface area contributed by atoms with E-state index in [-0.39, 0.29) is 5.79 Å². The standard InChI is InChI=1S/C21H44O2/c1-5-7-9-11-13-15-17-19-21(22-3,23-4)20-18-16-14-12-10-8-6-2/h5-20H2,1-4H3. The molecule has 0 N–H and O–H groups in total. The minimum absolute atomic E-state index is 0.327. The summed E-state index contributed by atoms with van der Waals surface area (Å²) >= 11 is 0. The smallest absolute Gasteiger partial charge is 0.167 e. The maximum atomic E-state index is 5.76. The second-order valence-electron chi connectivity index (χ2n) is 7.06. The monoisotopic (exact) mass is 328 g/mol. The van der Waals surface area contributed by atoms with E-state index in [1.54, 1.807) is 0 Å². The summed E-state index contributed by atoms with van der Waals surface area (Å²) in [7, 11) is 3.62. The summed E-state index contributed by atoms with van der Waals surface area (Å²) in [5.41, 5.74) is 0. The lowest BCUT2D eigenvalue weighted by Crippen LogP contribution is -2.33. The van der Waals surface area contributed by atoms with E-state index < -0.39 is 0 Å². The van der Waals surface area contributed by atoms with Crippen molar-refractivity contribution in [2.45, 2.75) is 122 Å². The zero-order valence-electron chi connectivity index (χ0n) is 16.6. The van der Waals surface area contributed by atoms with Crippen LogP contribution in [0, 0.1) is 0 Å². The number of unbranched alkanes of at least 4 members (excludes halogenated alkanes) is 12. The van der Waals surface area contributed by atoms with Gasteiger partial charge in [-0.2, -0.15) is 0 Å². The fourth-order valence-corrected chi connectivity index (χ4v) is 3.32. The molecule has 0 atom stereocenters. The average molecular weight is 329 g/mol. The molecule has 0 amide bonds. The van der Waals surface area contributed by atoms with Crippen LogP contribution in [-0.2, 0) is 9.47 Å². The third-order valence-corrected chi connectivity index (χ3v) is 5.07. The van der Waals surface area contributed by atoms with Crippen LogP contribution in [0.5, 0.6) is 0 Å². The first kappa shape index (κ1) is 22.9. The zero-order chi connectivity index (χ0) is 17.2. The van der Waals surface area contributed by atoms with E-state index in [2.05, 4.69) is 13.8 Å². The van der Waals surface area contributed by atoms with Gasteiger partial charge in [-0.15, -0.1) is 0 Å². The van der Waals surface area contributed by atoms with Crippen molar-refractivity contribution in [1.29, 1.82) is 0 Å². The summed E-state index contributed by atoms with van der Waals surface area (Å²) in [6.45, 7) is 4.55.